The minimum atomic E-state index is -0.263. The van der Waals surface area contributed by atoms with Gasteiger partial charge in [0, 0.05) is 30.2 Å². The van der Waals surface area contributed by atoms with Crippen molar-refractivity contribution in [3.63, 3.8) is 0 Å². The number of carbonyl (C=O) groups excluding carboxylic acids is 2. The molecule has 21 heavy (non-hydrogen) atoms. The fourth-order valence-electron chi connectivity index (χ4n) is 2.29. The molecule has 1 aliphatic rings. The van der Waals surface area contributed by atoms with Gasteiger partial charge in [0.1, 0.15) is 5.82 Å². The largest absolute Gasteiger partial charge is 0.469 e. The molecule has 1 aromatic carbocycles. The van der Waals surface area contributed by atoms with E-state index in [0.29, 0.717) is 31.7 Å². The van der Waals surface area contributed by atoms with Gasteiger partial charge < -0.3 is 9.64 Å². The molecule has 1 unspecified atom stereocenters. The molecule has 2 rings (SSSR count). The Morgan fingerprint density at radius 1 is 1.38 bits per heavy atom. The van der Waals surface area contributed by atoms with Crippen LogP contribution in [0.5, 0.6) is 0 Å². The van der Waals surface area contributed by atoms with Gasteiger partial charge in [-0.1, -0.05) is 0 Å². The van der Waals surface area contributed by atoms with Crippen molar-refractivity contribution in [2.45, 2.75) is 17.7 Å². The molecule has 1 saturated heterocycles. The Morgan fingerprint density at radius 2 is 2.10 bits per heavy atom. The Morgan fingerprint density at radius 3 is 2.76 bits per heavy atom. The molecule has 0 radical (unpaired) electrons. The van der Waals surface area contributed by atoms with E-state index in [0.717, 1.165) is 4.90 Å². The Bertz CT molecular complexity index is 506. The molecule has 1 aromatic rings. The molecule has 0 aromatic heterocycles. The van der Waals surface area contributed by atoms with E-state index >= 15 is 0 Å². The first-order valence-electron chi connectivity index (χ1n) is 6.84. The number of thioether (sulfide) groups is 1. The molecule has 0 saturated carbocycles. The van der Waals surface area contributed by atoms with Crippen molar-refractivity contribution in [3.05, 3.63) is 30.1 Å². The summed E-state index contributed by atoms with van der Waals surface area (Å²) in [5.74, 6) is -0.00354. The summed E-state index contributed by atoms with van der Waals surface area (Å²) in [6.07, 6.45) is 1.08. The van der Waals surface area contributed by atoms with Gasteiger partial charge in [0.2, 0.25) is 5.91 Å². The number of benzene rings is 1. The summed E-state index contributed by atoms with van der Waals surface area (Å²) in [5, 5.41) is 0. The third kappa shape index (κ3) is 4.46. The van der Waals surface area contributed by atoms with E-state index < -0.39 is 0 Å². The van der Waals surface area contributed by atoms with Crippen molar-refractivity contribution >= 4 is 23.6 Å². The fourth-order valence-corrected chi connectivity index (χ4v) is 3.13. The Hall–Kier alpha value is -1.56. The number of ether oxygens (including phenoxy) is 1. The Labute approximate surface area is 127 Å². The topological polar surface area (TPSA) is 46.6 Å². The lowest BCUT2D eigenvalue weighted by atomic mass is 10.1. The molecule has 1 aliphatic heterocycles. The Balaban J connectivity index is 1.73. The third-order valence-corrected chi connectivity index (χ3v) is 4.49. The van der Waals surface area contributed by atoms with Crippen molar-refractivity contribution in [3.8, 4) is 0 Å². The standard InChI is InChI=1S/C15H18FNO3S/c1-20-15(19)11-6-8-17(10-11)14(18)7-9-21-13-4-2-12(16)3-5-13/h2-5,11H,6-10H2,1H3. The molecular weight excluding hydrogens is 293 g/mol. The van der Waals surface area contributed by atoms with Crippen LogP contribution in [0.15, 0.2) is 29.2 Å². The number of halogens is 1. The van der Waals surface area contributed by atoms with Gasteiger partial charge in [-0.25, -0.2) is 4.39 Å². The number of hydrogen-bond acceptors (Lipinski definition) is 4. The molecule has 0 bridgehead atoms. The predicted octanol–water partition coefficient (Wildman–Crippen LogP) is 2.33. The normalized spacial score (nSPS) is 17.8. The van der Waals surface area contributed by atoms with Gasteiger partial charge in [-0.05, 0) is 30.7 Å². The van der Waals surface area contributed by atoms with E-state index in [2.05, 4.69) is 0 Å². The van der Waals surface area contributed by atoms with Gasteiger partial charge in [-0.2, -0.15) is 0 Å². The second kappa shape index (κ2) is 7.45. The third-order valence-electron chi connectivity index (χ3n) is 3.47. The fraction of sp³-hybridized carbons (Fsp3) is 0.467. The number of carbonyl (C=O) groups is 2. The van der Waals surface area contributed by atoms with E-state index in [1.54, 1.807) is 17.0 Å². The number of nitrogens with zero attached hydrogens (tertiary/aromatic N) is 1. The first-order chi connectivity index (χ1) is 10.1. The van der Waals surface area contributed by atoms with E-state index in [1.165, 1.54) is 31.0 Å². The van der Waals surface area contributed by atoms with Crippen molar-refractivity contribution in [1.82, 2.24) is 4.90 Å². The van der Waals surface area contributed by atoms with E-state index in [1.807, 2.05) is 0 Å². The van der Waals surface area contributed by atoms with Gasteiger partial charge in [0.05, 0.1) is 13.0 Å². The van der Waals surface area contributed by atoms with Crippen LogP contribution in [0.4, 0.5) is 4.39 Å². The maximum Gasteiger partial charge on any atom is 0.310 e. The maximum absolute atomic E-state index is 12.8. The lowest BCUT2D eigenvalue weighted by Gasteiger charge is -2.15. The van der Waals surface area contributed by atoms with Gasteiger partial charge >= 0.3 is 5.97 Å². The summed E-state index contributed by atoms with van der Waals surface area (Å²) in [7, 11) is 1.37. The first-order valence-corrected chi connectivity index (χ1v) is 7.82. The summed E-state index contributed by atoms with van der Waals surface area (Å²) in [5.41, 5.74) is 0. The number of esters is 1. The number of amides is 1. The zero-order valence-corrected chi connectivity index (χ0v) is 12.7. The first kappa shape index (κ1) is 15.8. The van der Waals surface area contributed by atoms with E-state index in [-0.39, 0.29) is 23.6 Å². The smallest absolute Gasteiger partial charge is 0.310 e. The minimum absolute atomic E-state index is 0.0519. The van der Waals surface area contributed by atoms with Crippen LogP contribution in [0.3, 0.4) is 0 Å². The van der Waals surface area contributed by atoms with Gasteiger partial charge in [0.15, 0.2) is 0 Å². The number of likely N-dealkylation sites (tertiary alicyclic amines) is 1. The van der Waals surface area contributed by atoms with Crippen LogP contribution in [0.1, 0.15) is 12.8 Å². The summed E-state index contributed by atoms with van der Waals surface area (Å²) >= 11 is 1.52. The molecule has 114 valence electrons. The molecule has 0 N–H and O–H groups in total. The van der Waals surface area contributed by atoms with Crippen molar-refractivity contribution in [1.29, 1.82) is 0 Å². The molecule has 1 atom stereocenters. The van der Waals surface area contributed by atoms with Crippen LogP contribution in [0, 0.1) is 11.7 Å². The second-order valence-corrected chi connectivity index (χ2v) is 6.07. The van der Waals surface area contributed by atoms with Crippen LogP contribution in [0.2, 0.25) is 0 Å². The number of hydrogen-bond donors (Lipinski definition) is 0. The van der Waals surface area contributed by atoms with E-state index in [9.17, 15) is 14.0 Å². The molecule has 0 aliphatic carbocycles. The summed E-state index contributed by atoms with van der Waals surface area (Å²) < 4.78 is 17.5. The summed E-state index contributed by atoms with van der Waals surface area (Å²) in [6, 6.07) is 6.22. The van der Waals surface area contributed by atoms with E-state index in [4.69, 9.17) is 4.74 Å². The highest BCUT2D eigenvalue weighted by Crippen LogP contribution is 2.21. The van der Waals surface area contributed by atoms with Crippen molar-refractivity contribution in [2.24, 2.45) is 5.92 Å². The average Bonchev–Trinajstić information content (AvgIpc) is 2.98. The lowest BCUT2D eigenvalue weighted by molar-refractivity contribution is -0.145. The minimum Gasteiger partial charge on any atom is -0.469 e. The summed E-state index contributed by atoms with van der Waals surface area (Å²) in [6.45, 7) is 1.06. The van der Waals surface area contributed by atoms with Crippen LogP contribution in [-0.4, -0.2) is 42.7 Å². The molecular formula is C15H18FNO3S. The molecule has 1 amide bonds. The van der Waals surface area contributed by atoms with Gasteiger partial charge in [-0.3, -0.25) is 9.59 Å². The van der Waals surface area contributed by atoms with Gasteiger partial charge in [0.25, 0.3) is 0 Å². The molecule has 1 heterocycles. The Kier molecular flexibility index (Phi) is 5.61. The van der Waals surface area contributed by atoms with Crippen LogP contribution < -0.4 is 0 Å². The highest BCUT2D eigenvalue weighted by molar-refractivity contribution is 7.99. The number of rotatable bonds is 5. The SMILES string of the molecule is COC(=O)C1CCN(C(=O)CCSc2ccc(F)cc2)C1. The molecule has 4 nitrogen and oxygen atoms in total. The van der Waals surface area contributed by atoms with Crippen molar-refractivity contribution in [2.75, 3.05) is 26.0 Å². The molecule has 6 heteroatoms. The quantitative estimate of drug-likeness (QED) is 0.618. The van der Waals surface area contributed by atoms with Crippen LogP contribution in [0.25, 0.3) is 0 Å². The molecule has 1 fully saturated rings. The zero-order valence-electron chi connectivity index (χ0n) is 11.9. The zero-order chi connectivity index (χ0) is 15.2. The van der Waals surface area contributed by atoms with Gasteiger partial charge in [-0.15, -0.1) is 11.8 Å². The maximum atomic E-state index is 12.8. The lowest BCUT2D eigenvalue weighted by Crippen LogP contribution is -2.30. The summed E-state index contributed by atoms with van der Waals surface area (Å²) in [4.78, 5) is 26.1. The molecule has 0 spiro atoms. The average molecular weight is 311 g/mol. The monoisotopic (exact) mass is 311 g/mol. The number of methoxy groups -OCH3 is 1. The highest BCUT2D eigenvalue weighted by atomic mass is 32.2. The van der Waals surface area contributed by atoms with Crippen LogP contribution >= 0.6 is 11.8 Å². The second-order valence-electron chi connectivity index (χ2n) is 4.90. The van der Waals surface area contributed by atoms with Crippen LogP contribution in [-0.2, 0) is 14.3 Å². The van der Waals surface area contributed by atoms with Crippen molar-refractivity contribution < 1.29 is 18.7 Å². The predicted molar refractivity (Wildman–Crippen MR) is 78.4 cm³/mol. The highest BCUT2D eigenvalue weighted by Gasteiger charge is 2.31.